The van der Waals surface area contributed by atoms with E-state index >= 15 is 0 Å². The van der Waals surface area contributed by atoms with E-state index in [1.165, 1.54) is 25.7 Å². The summed E-state index contributed by atoms with van der Waals surface area (Å²) in [5, 5.41) is 5.93. The van der Waals surface area contributed by atoms with Gasteiger partial charge in [-0.15, -0.1) is 18.5 Å². The second-order valence-corrected chi connectivity index (χ2v) is 16.2. The molecule has 0 spiro atoms. The first-order chi connectivity index (χ1) is 27.4. The predicted octanol–water partition coefficient (Wildman–Crippen LogP) is 7.66. The largest absolute Gasteiger partial charge is 1.00 e. The van der Waals surface area contributed by atoms with Crippen LogP contribution in [0.4, 0.5) is 0 Å². The number of hydrogen-bond donors (Lipinski definition) is 2. The molecule has 4 rings (SSSR count). The van der Waals surface area contributed by atoms with Gasteiger partial charge in [-0.05, 0) is 54.8 Å². The Balaban J connectivity index is 0.00000106. The van der Waals surface area contributed by atoms with Crippen LogP contribution in [0.2, 0.25) is 11.6 Å². The van der Waals surface area contributed by atoms with Gasteiger partial charge in [-0.1, -0.05) is 121 Å². The van der Waals surface area contributed by atoms with Crippen molar-refractivity contribution in [2.24, 2.45) is 23.7 Å². The fraction of sp³-hybridized carbons (Fsp3) is 0.636. The number of benzene rings is 2. The van der Waals surface area contributed by atoms with Gasteiger partial charge in [-0.3, -0.25) is 19.2 Å². The molecule has 0 aliphatic heterocycles. The number of carbonyl (C=O) groups is 4. The maximum Gasteiger partial charge on any atom is 1.00 e. The number of rotatable bonds is 25. The zero-order valence-corrected chi connectivity index (χ0v) is 38.1. The highest BCUT2D eigenvalue weighted by atomic mass is 31.0. The van der Waals surface area contributed by atoms with E-state index < -0.39 is 26.3 Å². The van der Waals surface area contributed by atoms with Crippen LogP contribution in [0.15, 0.2) is 60.7 Å². The summed E-state index contributed by atoms with van der Waals surface area (Å²) < 4.78 is 21.8. The summed E-state index contributed by atoms with van der Waals surface area (Å²) in [4.78, 5) is 51.1. The molecule has 7 atom stereocenters. The van der Waals surface area contributed by atoms with Gasteiger partial charge in [-0.25, -0.2) is 0 Å². The van der Waals surface area contributed by atoms with E-state index in [0.717, 1.165) is 24.0 Å². The summed E-state index contributed by atoms with van der Waals surface area (Å²) in [6.45, 7) is 7.45. The van der Waals surface area contributed by atoms with Gasteiger partial charge in [-0.2, -0.15) is 0 Å². The van der Waals surface area contributed by atoms with Crippen molar-refractivity contribution in [2.45, 2.75) is 116 Å². The van der Waals surface area contributed by atoms with Gasteiger partial charge in [0.25, 0.3) is 0 Å². The van der Waals surface area contributed by atoms with Crippen molar-refractivity contribution in [3.05, 3.63) is 71.8 Å². The molecule has 0 saturated heterocycles. The number of carbonyl (C=O) groups excluding carboxylic acids is 4. The molecule has 2 fully saturated rings. The SMILES string of the molecule is C.COB(OC)C(CC(=O)C(Cc1ccccc1)NC(=O)C(C)C)CC1CC1.COB(OC)C(CC(=O)C(Cc1ccccc1)NC(=O)C(C)CP)CC1CC1.CP.[H+]. The van der Waals surface area contributed by atoms with Crippen molar-refractivity contribution in [3.63, 3.8) is 0 Å². The van der Waals surface area contributed by atoms with Crippen LogP contribution < -0.4 is 10.6 Å². The van der Waals surface area contributed by atoms with Gasteiger partial charge in [0.15, 0.2) is 11.6 Å². The van der Waals surface area contributed by atoms with Crippen molar-refractivity contribution in [1.82, 2.24) is 10.6 Å². The molecule has 7 unspecified atom stereocenters. The van der Waals surface area contributed by atoms with E-state index in [0.29, 0.717) is 43.7 Å². The van der Waals surface area contributed by atoms with Crippen LogP contribution in [0, 0.1) is 23.7 Å². The molecule has 2 N–H and O–H groups in total. The molecule has 2 aromatic rings. The molecule has 0 bridgehead atoms. The van der Waals surface area contributed by atoms with Crippen LogP contribution in [0.5, 0.6) is 0 Å². The molecule has 2 aliphatic rings. The van der Waals surface area contributed by atoms with Gasteiger partial charge >= 0.3 is 15.7 Å². The van der Waals surface area contributed by atoms with Crippen LogP contribution >= 0.6 is 18.5 Å². The molecule has 0 radical (unpaired) electrons. The minimum Gasteiger partial charge on any atom is -0.414 e. The third-order valence-electron chi connectivity index (χ3n) is 10.6. The van der Waals surface area contributed by atoms with E-state index in [1.807, 2.05) is 88.1 Å². The molecule has 58 heavy (non-hydrogen) atoms. The fourth-order valence-electron chi connectivity index (χ4n) is 6.86. The standard InChI is InChI=1S/C21H33BNO4P.C21H32BNO4.CH5P.CH4/c1-15(14-28)21(25)23-19(12-16-7-5-4-6-8-16)20(24)13-18(11-17-9-10-17)22(26-2)27-3;1-15(2)21(25)23-19(13-16-8-6-5-7-9-16)20(24)14-18(12-17-10-11-17)22(26-3)27-4;1-2;/h4-8,15,17-19H,9-14,28H2,1-3H3,(H,23,25);5-9,15,17-19H,10-14H2,1-4H3,(H,23,25);2H2,1H3;1H4/p+1. The summed E-state index contributed by atoms with van der Waals surface area (Å²) in [5.74, 6) is 0.913. The minimum absolute atomic E-state index is 0. The number of amides is 2. The summed E-state index contributed by atoms with van der Waals surface area (Å²) in [5.41, 5.74) is 2.07. The van der Waals surface area contributed by atoms with E-state index in [4.69, 9.17) is 18.6 Å². The highest BCUT2D eigenvalue weighted by Gasteiger charge is 2.39. The Morgan fingerprint density at radius 3 is 1.29 bits per heavy atom. The second-order valence-electron chi connectivity index (χ2n) is 15.7. The zero-order valence-electron chi connectivity index (χ0n) is 36.7. The van der Waals surface area contributed by atoms with Gasteiger partial charge in [0.2, 0.25) is 11.8 Å². The molecule has 0 heterocycles. The Hall–Kier alpha value is -2.45. The number of ketones is 2. The molecule has 2 aromatic carbocycles. The van der Waals surface area contributed by atoms with Crippen LogP contribution in [0.3, 0.4) is 0 Å². The van der Waals surface area contributed by atoms with Crippen molar-refractivity contribution < 1.29 is 39.2 Å². The van der Waals surface area contributed by atoms with Gasteiger partial charge in [0.05, 0.1) is 12.1 Å². The first-order valence-electron chi connectivity index (χ1n) is 20.6. The van der Waals surface area contributed by atoms with Crippen LogP contribution in [0.1, 0.15) is 92.1 Å². The summed E-state index contributed by atoms with van der Waals surface area (Å²) in [7, 11) is 10.7. The molecular weight excluding hydrogens is 768 g/mol. The maximum atomic E-state index is 13.2. The van der Waals surface area contributed by atoms with Crippen LogP contribution in [-0.2, 0) is 50.6 Å². The molecule has 0 aromatic heterocycles. The first kappa shape index (κ1) is 53.6. The van der Waals surface area contributed by atoms with Crippen molar-refractivity contribution in [1.29, 1.82) is 0 Å². The number of hydrogen-bond acceptors (Lipinski definition) is 8. The lowest BCUT2D eigenvalue weighted by atomic mass is 9.66. The molecule has 14 heteroatoms. The van der Waals surface area contributed by atoms with Gasteiger partial charge < -0.3 is 29.3 Å². The van der Waals surface area contributed by atoms with E-state index in [1.54, 1.807) is 28.4 Å². The lowest BCUT2D eigenvalue weighted by Gasteiger charge is -2.24. The molecule has 324 valence electrons. The van der Waals surface area contributed by atoms with E-state index in [9.17, 15) is 19.2 Å². The Labute approximate surface area is 357 Å². The summed E-state index contributed by atoms with van der Waals surface area (Å²) in [6.07, 6.45) is 9.04. The smallest absolute Gasteiger partial charge is 0.414 e. The van der Waals surface area contributed by atoms with Crippen LogP contribution in [0.25, 0.3) is 0 Å². The van der Waals surface area contributed by atoms with Gasteiger partial charge in [0.1, 0.15) is 0 Å². The maximum absolute atomic E-state index is 13.2. The number of Topliss-reactive ketones (excluding diaryl/α,β-unsaturated/α-hetero) is 2. The fourth-order valence-corrected chi connectivity index (χ4v) is 7.07. The summed E-state index contributed by atoms with van der Waals surface area (Å²) >= 11 is 0. The molecule has 2 amide bonds. The predicted molar refractivity (Wildman–Crippen MR) is 247 cm³/mol. The van der Waals surface area contributed by atoms with Crippen LogP contribution in [-0.4, -0.2) is 91.0 Å². The van der Waals surface area contributed by atoms with Crippen molar-refractivity contribution in [3.8, 4) is 0 Å². The molecule has 10 nitrogen and oxygen atoms in total. The average molecular weight is 844 g/mol. The monoisotopic (exact) mass is 844 g/mol. The van der Waals surface area contributed by atoms with Gasteiger partial charge in [0, 0.05) is 64.8 Å². The third-order valence-corrected chi connectivity index (χ3v) is 11.3. The zero-order chi connectivity index (χ0) is 42.3. The minimum atomic E-state index is -0.537. The lowest BCUT2D eigenvalue weighted by molar-refractivity contribution is -0.129. The topological polar surface area (TPSA) is 129 Å². The van der Waals surface area contributed by atoms with E-state index in [2.05, 4.69) is 29.1 Å². The Morgan fingerprint density at radius 1 is 0.655 bits per heavy atom. The third kappa shape index (κ3) is 20.2. The van der Waals surface area contributed by atoms with Crippen molar-refractivity contribution >= 4 is 56.1 Å². The second kappa shape index (κ2) is 29.7. The highest BCUT2D eigenvalue weighted by Crippen LogP contribution is 2.41. The molecule has 2 saturated carbocycles. The first-order valence-corrected chi connectivity index (χ1v) is 22.5. The highest BCUT2D eigenvalue weighted by molar-refractivity contribution is 7.16. The van der Waals surface area contributed by atoms with E-state index in [-0.39, 0.29) is 55.7 Å². The van der Waals surface area contributed by atoms with Crippen molar-refractivity contribution in [2.75, 3.05) is 41.3 Å². The Bertz CT molecular complexity index is 1450. The Morgan fingerprint density at radius 2 is 1.00 bits per heavy atom. The number of nitrogens with one attached hydrogen (secondary N) is 2. The quantitative estimate of drug-likeness (QED) is 0.0771. The molecule has 2 aliphatic carbocycles. The Kier molecular flexibility index (Phi) is 27.4. The normalized spacial score (nSPS) is 15.7. The molecular formula is C44H75B2N2O8P2+. The summed E-state index contributed by atoms with van der Waals surface area (Å²) in [6, 6.07) is 18.6. The lowest BCUT2D eigenvalue weighted by Crippen LogP contribution is -2.45. The average Bonchev–Trinajstić information content (AvgIpc) is 4.17.